The van der Waals surface area contributed by atoms with Gasteiger partial charge in [-0.15, -0.1) is 0 Å². The van der Waals surface area contributed by atoms with Crippen molar-refractivity contribution in [3.8, 4) is 11.5 Å². The van der Waals surface area contributed by atoms with Gasteiger partial charge in [-0.05, 0) is 61.0 Å². The molecule has 5 rings (SSSR count). The molecule has 0 aliphatic carbocycles. The van der Waals surface area contributed by atoms with Crippen LogP contribution in [0.1, 0.15) is 21.6 Å². The minimum absolute atomic E-state index is 0.0237. The van der Waals surface area contributed by atoms with E-state index < -0.39 is 23.5 Å². The molecule has 3 aromatic carbocycles. The van der Waals surface area contributed by atoms with Gasteiger partial charge in [-0.2, -0.15) is 0 Å². The predicted octanol–water partition coefficient (Wildman–Crippen LogP) is 4.82. The minimum Gasteiger partial charge on any atom is -0.487 e. The Kier molecular flexibility index (Phi) is 6.29. The molecule has 9 heteroatoms. The van der Waals surface area contributed by atoms with E-state index in [1.54, 1.807) is 6.92 Å². The first-order valence-electron chi connectivity index (χ1n) is 11.7. The molecule has 0 amide bonds. The molecule has 37 heavy (non-hydrogen) atoms. The molecule has 0 unspecified atom stereocenters. The second kappa shape index (κ2) is 9.57. The third-order valence-electron chi connectivity index (χ3n) is 6.48. The van der Waals surface area contributed by atoms with Gasteiger partial charge in [0, 0.05) is 23.7 Å². The Morgan fingerprint density at radius 2 is 1.89 bits per heavy atom. The number of halogens is 2. The van der Waals surface area contributed by atoms with Crippen LogP contribution in [-0.4, -0.2) is 47.9 Å². The number of carboxylic acid groups (broad SMARTS) is 1. The highest BCUT2D eigenvalue weighted by atomic mass is 19.1. The van der Waals surface area contributed by atoms with Crippen LogP contribution in [0.15, 0.2) is 60.7 Å². The van der Waals surface area contributed by atoms with Crippen LogP contribution >= 0.6 is 0 Å². The van der Waals surface area contributed by atoms with E-state index in [4.69, 9.17) is 9.47 Å². The fraction of sp³-hybridized carbons (Fsp3) is 0.214. The van der Waals surface area contributed by atoms with E-state index in [0.29, 0.717) is 28.7 Å². The van der Waals surface area contributed by atoms with E-state index in [9.17, 15) is 23.5 Å². The van der Waals surface area contributed by atoms with Crippen LogP contribution in [0.3, 0.4) is 0 Å². The number of ether oxygens (including phenoxy) is 2. The number of carboxylic acids is 1. The van der Waals surface area contributed by atoms with Crippen molar-refractivity contribution < 1.29 is 33.0 Å². The molecule has 0 radical (unpaired) electrons. The Hall–Kier alpha value is -4.40. The summed E-state index contributed by atoms with van der Waals surface area (Å²) in [6.45, 7) is 2.25. The van der Waals surface area contributed by atoms with Crippen molar-refractivity contribution in [1.82, 2.24) is 4.57 Å². The van der Waals surface area contributed by atoms with E-state index in [2.05, 4.69) is 0 Å². The number of aromatic nitrogens is 1. The van der Waals surface area contributed by atoms with Gasteiger partial charge in [0.05, 0.1) is 24.2 Å². The SMILES string of the molecule is Cc1c(CC(=O)O)c2cc(F)ccc2n1C(=O)c1ccc(OC[C@@H]2CN(C)c3ccccc3O2)c(F)c1. The number of benzene rings is 3. The Bertz CT molecular complexity index is 1530. The van der Waals surface area contributed by atoms with Gasteiger partial charge in [0.2, 0.25) is 0 Å². The average molecular weight is 507 g/mol. The first-order valence-corrected chi connectivity index (χ1v) is 11.7. The summed E-state index contributed by atoms with van der Waals surface area (Å²) in [5.74, 6) is -2.24. The third-order valence-corrected chi connectivity index (χ3v) is 6.48. The summed E-state index contributed by atoms with van der Waals surface area (Å²) in [7, 11) is 1.94. The largest absolute Gasteiger partial charge is 0.487 e. The monoisotopic (exact) mass is 506 g/mol. The van der Waals surface area contributed by atoms with E-state index in [0.717, 1.165) is 17.5 Å². The zero-order valence-electron chi connectivity index (χ0n) is 20.2. The van der Waals surface area contributed by atoms with Crippen molar-refractivity contribution in [1.29, 1.82) is 0 Å². The number of hydrogen-bond acceptors (Lipinski definition) is 5. The second-order valence-electron chi connectivity index (χ2n) is 8.98. The lowest BCUT2D eigenvalue weighted by Gasteiger charge is -2.33. The molecule has 4 aromatic rings. The van der Waals surface area contributed by atoms with Gasteiger partial charge in [-0.1, -0.05) is 12.1 Å². The lowest BCUT2D eigenvalue weighted by atomic mass is 10.1. The highest BCUT2D eigenvalue weighted by Gasteiger charge is 2.25. The van der Waals surface area contributed by atoms with Crippen LogP contribution in [0.25, 0.3) is 10.9 Å². The molecule has 1 N–H and O–H groups in total. The van der Waals surface area contributed by atoms with Crippen LogP contribution in [0.2, 0.25) is 0 Å². The molecule has 2 heterocycles. The maximum Gasteiger partial charge on any atom is 0.307 e. The Balaban J connectivity index is 1.37. The molecule has 0 saturated carbocycles. The normalized spacial score (nSPS) is 14.8. The highest BCUT2D eigenvalue weighted by Crippen LogP contribution is 2.32. The quantitative estimate of drug-likeness (QED) is 0.404. The Morgan fingerprint density at radius 3 is 2.65 bits per heavy atom. The second-order valence-corrected chi connectivity index (χ2v) is 8.98. The molecule has 0 spiro atoms. The zero-order chi connectivity index (χ0) is 26.3. The zero-order valence-corrected chi connectivity index (χ0v) is 20.2. The fourth-order valence-corrected chi connectivity index (χ4v) is 4.73. The number of carbonyl (C=O) groups excluding carboxylic acids is 1. The van der Waals surface area contributed by atoms with Gasteiger partial charge >= 0.3 is 5.97 Å². The standard InChI is InChI=1S/C28H24F2N2O5/c1-16-20(13-27(33)34)21-12-18(29)8-9-23(21)32(16)28(35)17-7-10-25(22(30)11-17)36-15-19-14-31(2)24-5-3-4-6-26(24)37-19/h3-12,19H,13-15H2,1-2H3,(H,33,34)/t19-/m0/s1. The Morgan fingerprint density at radius 1 is 1.11 bits per heavy atom. The van der Waals surface area contributed by atoms with Crippen LogP contribution < -0.4 is 14.4 Å². The molecule has 1 aliphatic rings. The van der Waals surface area contributed by atoms with E-state index in [-0.39, 0.29) is 30.4 Å². The maximum absolute atomic E-state index is 15.0. The van der Waals surface area contributed by atoms with Crippen LogP contribution in [0.5, 0.6) is 11.5 Å². The van der Waals surface area contributed by atoms with Gasteiger partial charge < -0.3 is 19.5 Å². The molecule has 7 nitrogen and oxygen atoms in total. The van der Waals surface area contributed by atoms with Crippen molar-refractivity contribution >= 4 is 28.5 Å². The molecule has 1 atom stereocenters. The number of likely N-dealkylation sites (N-methyl/N-ethyl adjacent to an activating group) is 1. The van der Waals surface area contributed by atoms with Gasteiger partial charge in [0.15, 0.2) is 11.6 Å². The summed E-state index contributed by atoms with van der Waals surface area (Å²) < 4.78 is 41.8. The Labute approximate surface area is 211 Å². The van der Waals surface area contributed by atoms with E-state index in [1.807, 2.05) is 36.2 Å². The maximum atomic E-state index is 15.0. The predicted molar refractivity (Wildman–Crippen MR) is 134 cm³/mol. The summed E-state index contributed by atoms with van der Waals surface area (Å²) in [5.41, 5.74) is 2.04. The van der Waals surface area contributed by atoms with E-state index in [1.165, 1.54) is 34.9 Å². The molecular weight excluding hydrogens is 482 g/mol. The molecular formula is C28H24F2N2O5. The average Bonchev–Trinajstić information content (AvgIpc) is 3.12. The lowest BCUT2D eigenvalue weighted by Crippen LogP contribution is -2.41. The van der Waals surface area contributed by atoms with Crippen molar-refractivity contribution in [2.24, 2.45) is 0 Å². The number of para-hydroxylation sites is 2. The van der Waals surface area contributed by atoms with Crippen molar-refractivity contribution in [2.75, 3.05) is 25.1 Å². The number of aliphatic carboxylic acids is 1. The van der Waals surface area contributed by atoms with Crippen LogP contribution in [0.4, 0.5) is 14.5 Å². The first kappa shape index (κ1) is 24.3. The molecule has 0 saturated heterocycles. The van der Waals surface area contributed by atoms with Gasteiger partial charge in [-0.25, -0.2) is 8.78 Å². The van der Waals surface area contributed by atoms with Gasteiger partial charge in [-0.3, -0.25) is 14.2 Å². The van der Waals surface area contributed by atoms with Crippen LogP contribution in [0, 0.1) is 18.6 Å². The summed E-state index contributed by atoms with van der Waals surface area (Å²) in [4.78, 5) is 26.8. The van der Waals surface area contributed by atoms with Crippen molar-refractivity contribution in [2.45, 2.75) is 19.4 Å². The molecule has 190 valence electrons. The number of rotatable bonds is 6. The lowest BCUT2D eigenvalue weighted by molar-refractivity contribution is -0.136. The van der Waals surface area contributed by atoms with Crippen molar-refractivity contribution in [3.05, 3.63) is 89.1 Å². The number of fused-ring (bicyclic) bond motifs is 2. The number of hydrogen-bond donors (Lipinski definition) is 1. The summed E-state index contributed by atoms with van der Waals surface area (Å²) in [6.07, 6.45) is -0.696. The summed E-state index contributed by atoms with van der Waals surface area (Å²) >= 11 is 0. The van der Waals surface area contributed by atoms with Gasteiger partial charge in [0.25, 0.3) is 5.91 Å². The highest BCUT2D eigenvalue weighted by molar-refractivity contribution is 6.04. The number of carbonyl (C=O) groups is 2. The summed E-state index contributed by atoms with van der Waals surface area (Å²) in [5, 5.41) is 9.62. The molecule has 1 aliphatic heterocycles. The number of anilines is 1. The number of nitrogens with zero attached hydrogens (tertiary/aromatic N) is 2. The molecule has 0 fully saturated rings. The third kappa shape index (κ3) is 4.60. The fourth-order valence-electron chi connectivity index (χ4n) is 4.73. The van der Waals surface area contributed by atoms with Gasteiger partial charge in [0.1, 0.15) is 24.3 Å². The molecule has 0 bridgehead atoms. The van der Waals surface area contributed by atoms with Crippen molar-refractivity contribution in [3.63, 3.8) is 0 Å². The first-order chi connectivity index (χ1) is 17.7. The van der Waals surface area contributed by atoms with E-state index >= 15 is 0 Å². The molecule has 1 aromatic heterocycles. The smallest absolute Gasteiger partial charge is 0.307 e. The topological polar surface area (TPSA) is 81.0 Å². The minimum atomic E-state index is -1.11. The van der Waals surface area contributed by atoms with Crippen LogP contribution in [-0.2, 0) is 11.2 Å². The summed E-state index contributed by atoms with van der Waals surface area (Å²) in [6, 6.07) is 15.3.